The monoisotopic (exact) mass is 645 g/mol. The van der Waals surface area contributed by atoms with Crippen molar-refractivity contribution >= 4 is 11.9 Å². The number of aliphatic hydroxyl groups excluding tert-OH is 1. The largest absolute Gasteiger partial charge is 0.462 e. The molecule has 0 heterocycles. The van der Waals surface area contributed by atoms with Crippen molar-refractivity contribution < 1.29 is 24.2 Å². The van der Waals surface area contributed by atoms with E-state index in [0.717, 1.165) is 70.6 Å². The van der Waals surface area contributed by atoms with Crippen molar-refractivity contribution in [2.45, 2.75) is 187 Å². The number of unbranched alkanes of at least 4 members (excludes halogenated alkanes) is 18. The molecule has 0 aliphatic heterocycles. The van der Waals surface area contributed by atoms with E-state index in [2.05, 4.69) is 62.5 Å². The lowest BCUT2D eigenvalue weighted by molar-refractivity contribution is -0.161. The number of aliphatic hydroxyl groups is 1. The van der Waals surface area contributed by atoms with Crippen molar-refractivity contribution in [1.29, 1.82) is 0 Å². The predicted octanol–water partition coefficient (Wildman–Crippen LogP) is 11.8. The first kappa shape index (κ1) is 43.9. The van der Waals surface area contributed by atoms with Crippen molar-refractivity contribution in [2.75, 3.05) is 13.2 Å². The van der Waals surface area contributed by atoms with E-state index in [9.17, 15) is 14.7 Å². The Morgan fingerprint density at radius 2 is 0.935 bits per heavy atom. The topological polar surface area (TPSA) is 72.8 Å². The van der Waals surface area contributed by atoms with Gasteiger partial charge in [0, 0.05) is 12.8 Å². The molecule has 0 saturated heterocycles. The Labute approximate surface area is 284 Å². The van der Waals surface area contributed by atoms with Crippen LogP contribution in [0.1, 0.15) is 181 Å². The SMILES string of the molecule is CCC=CCC=CCC=CCCCCCCCC(=O)O[C@@H](CO)COC(=O)CCCCCCCCCC=CCCCCCCCC. The van der Waals surface area contributed by atoms with Gasteiger partial charge < -0.3 is 14.6 Å². The van der Waals surface area contributed by atoms with Crippen LogP contribution in [0.2, 0.25) is 0 Å². The highest BCUT2D eigenvalue weighted by atomic mass is 16.6. The Morgan fingerprint density at radius 1 is 0.522 bits per heavy atom. The van der Waals surface area contributed by atoms with Crippen LogP contribution in [-0.4, -0.2) is 36.4 Å². The van der Waals surface area contributed by atoms with Crippen LogP contribution in [0.5, 0.6) is 0 Å². The minimum absolute atomic E-state index is 0.0757. The minimum Gasteiger partial charge on any atom is -0.462 e. The third-order valence-corrected chi connectivity index (χ3v) is 8.11. The van der Waals surface area contributed by atoms with E-state index in [1.165, 1.54) is 83.5 Å². The number of carbonyl (C=O) groups excluding carboxylic acids is 2. The molecular formula is C41H72O5. The van der Waals surface area contributed by atoms with E-state index in [-0.39, 0.29) is 25.2 Å². The summed E-state index contributed by atoms with van der Waals surface area (Å²) in [6.07, 6.45) is 45.9. The Morgan fingerprint density at radius 3 is 1.43 bits per heavy atom. The van der Waals surface area contributed by atoms with Crippen molar-refractivity contribution in [3.8, 4) is 0 Å². The van der Waals surface area contributed by atoms with Gasteiger partial charge in [0.15, 0.2) is 6.10 Å². The summed E-state index contributed by atoms with van der Waals surface area (Å²) in [5.41, 5.74) is 0. The first-order valence-electron chi connectivity index (χ1n) is 19.2. The van der Waals surface area contributed by atoms with Gasteiger partial charge in [-0.1, -0.05) is 146 Å². The molecule has 1 atom stereocenters. The maximum Gasteiger partial charge on any atom is 0.306 e. The fourth-order valence-corrected chi connectivity index (χ4v) is 5.21. The van der Waals surface area contributed by atoms with Gasteiger partial charge in [0.2, 0.25) is 0 Å². The van der Waals surface area contributed by atoms with E-state index < -0.39 is 6.10 Å². The van der Waals surface area contributed by atoms with Crippen LogP contribution in [0, 0.1) is 0 Å². The molecule has 0 radical (unpaired) electrons. The van der Waals surface area contributed by atoms with E-state index in [0.29, 0.717) is 12.8 Å². The highest BCUT2D eigenvalue weighted by Gasteiger charge is 2.16. The third kappa shape index (κ3) is 34.7. The van der Waals surface area contributed by atoms with Gasteiger partial charge in [-0.15, -0.1) is 0 Å². The van der Waals surface area contributed by atoms with Crippen molar-refractivity contribution in [2.24, 2.45) is 0 Å². The Kier molecular flexibility index (Phi) is 35.6. The predicted molar refractivity (Wildman–Crippen MR) is 196 cm³/mol. The molecule has 0 rings (SSSR count). The lowest BCUT2D eigenvalue weighted by Crippen LogP contribution is -2.28. The van der Waals surface area contributed by atoms with Gasteiger partial charge in [-0.2, -0.15) is 0 Å². The molecule has 0 spiro atoms. The number of hydrogen-bond acceptors (Lipinski definition) is 5. The number of hydrogen-bond donors (Lipinski definition) is 1. The molecule has 0 unspecified atom stereocenters. The fraction of sp³-hybridized carbons (Fsp3) is 0.756. The first-order chi connectivity index (χ1) is 22.6. The summed E-state index contributed by atoms with van der Waals surface area (Å²) < 4.78 is 10.6. The number of esters is 2. The second-order valence-corrected chi connectivity index (χ2v) is 12.6. The van der Waals surface area contributed by atoms with Crippen LogP contribution in [-0.2, 0) is 19.1 Å². The summed E-state index contributed by atoms with van der Waals surface area (Å²) in [5, 5.41) is 9.54. The van der Waals surface area contributed by atoms with E-state index in [4.69, 9.17) is 9.47 Å². The van der Waals surface area contributed by atoms with Crippen LogP contribution in [0.25, 0.3) is 0 Å². The standard InChI is InChI=1S/C41H72O5/c1-3-5-7-9-11-13-15-17-19-20-22-23-25-27-29-31-33-35-40(43)45-38-39(37-42)46-41(44)36-34-32-30-28-26-24-21-18-16-14-12-10-8-6-4-2/h6,8,12,14,17-19,21,39,42H,3-5,7,9-11,13,15-16,20,22-38H2,1-2H3/t39-/m0/s1. The van der Waals surface area contributed by atoms with E-state index in [1.54, 1.807) is 0 Å². The quantitative estimate of drug-likeness (QED) is 0.0429. The van der Waals surface area contributed by atoms with Gasteiger partial charge in [0.25, 0.3) is 0 Å². The highest BCUT2D eigenvalue weighted by molar-refractivity contribution is 5.70. The van der Waals surface area contributed by atoms with Gasteiger partial charge in [-0.25, -0.2) is 0 Å². The fourth-order valence-electron chi connectivity index (χ4n) is 5.21. The zero-order valence-corrected chi connectivity index (χ0v) is 30.1. The van der Waals surface area contributed by atoms with Crippen LogP contribution >= 0.6 is 0 Å². The molecule has 0 aromatic rings. The molecule has 0 bridgehead atoms. The second-order valence-electron chi connectivity index (χ2n) is 12.6. The zero-order chi connectivity index (χ0) is 33.6. The molecule has 0 aromatic heterocycles. The van der Waals surface area contributed by atoms with E-state index in [1.807, 2.05) is 0 Å². The summed E-state index contributed by atoms with van der Waals surface area (Å²) in [4.78, 5) is 24.2. The molecule has 0 amide bonds. The van der Waals surface area contributed by atoms with Gasteiger partial charge in [-0.05, 0) is 70.6 Å². The van der Waals surface area contributed by atoms with Crippen molar-refractivity contribution in [3.63, 3.8) is 0 Å². The Balaban J connectivity index is 3.59. The average Bonchev–Trinajstić information content (AvgIpc) is 3.06. The van der Waals surface area contributed by atoms with Gasteiger partial charge in [0.05, 0.1) is 6.61 Å². The number of allylic oxidation sites excluding steroid dienone is 8. The molecule has 0 aromatic carbocycles. The molecule has 0 saturated carbocycles. The molecule has 0 aliphatic carbocycles. The van der Waals surface area contributed by atoms with Crippen molar-refractivity contribution in [3.05, 3.63) is 48.6 Å². The molecule has 0 aliphatic rings. The smallest absolute Gasteiger partial charge is 0.306 e. The number of carbonyl (C=O) groups is 2. The summed E-state index contributed by atoms with van der Waals surface area (Å²) in [7, 11) is 0. The van der Waals surface area contributed by atoms with Crippen LogP contribution < -0.4 is 0 Å². The normalized spacial score (nSPS) is 12.7. The molecule has 0 fully saturated rings. The van der Waals surface area contributed by atoms with Gasteiger partial charge >= 0.3 is 11.9 Å². The molecular weight excluding hydrogens is 572 g/mol. The van der Waals surface area contributed by atoms with Crippen molar-refractivity contribution in [1.82, 2.24) is 0 Å². The zero-order valence-electron chi connectivity index (χ0n) is 30.1. The molecule has 1 N–H and O–H groups in total. The second kappa shape index (κ2) is 37.3. The first-order valence-corrected chi connectivity index (χ1v) is 19.2. The molecule has 46 heavy (non-hydrogen) atoms. The number of rotatable bonds is 34. The maximum atomic E-state index is 12.1. The third-order valence-electron chi connectivity index (χ3n) is 8.11. The minimum atomic E-state index is -0.781. The van der Waals surface area contributed by atoms with Gasteiger partial charge in [0.1, 0.15) is 6.61 Å². The lowest BCUT2D eigenvalue weighted by Gasteiger charge is -2.15. The lowest BCUT2D eigenvalue weighted by atomic mass is 10.1. The summed E-state index contributed by atoms with van der Waals surface area (Å²) in [6, 6.07) is 0. The average molecular weight is 645 g/mol. The molecule has 5 heteroatoms. The Hall–Kier alpha value is -2.14. The van der Waals surface area contributed by atoms with Crippen LogP contribution in [0.15, 0.2) is 48.6 Å². The summed E-state index contributed by atoms with van der Waals surface area (Å²) >= 11 is 0. The van der Waals surface area contributed by atoms with Gasteiger partial charge in [-0.3, -0.25) is 9.59 Å². The maximum absolute atomic E-state index is 12.1. The van der Waals surface area contributed by atoms with Crippen LogP contribution in [0.3, 0.4) is 0 Å². The number of ether oxygens (including phenoxy) is 2. The highest BCUT2D eigenvalue weighted by Crippen LogP contribution is 2.13. The Bertz CT molecular complexity index is 782. The summed E-state index contributed by atoms with van der Waals surface area (Å²) in [6.45, 7) is 4.00. The van der Waals surface area contributed by atoms with E-state index >= 15 is 0 Å². The summed E-state index contributed by atoms with van der Waals surface area (Å²) in [5.74, 6) is -0.617. The van der Waals surface area contributed by atoms with Crippen LogP contribution in [0.4, 0.5) is 0 Å². The molecule has 266 valence electrons. The molecule has 5 nitrogen and oxygen atoms in total.